The summed E-state index contributed by atoms with van der Waals surface area (Å²) in [4.78, 5) is 4.06. The van der Waals surface area contributed by atoms with E-state index in [1.807, 2.05) is 12.4 Å². The highest BCUT2D eigenvalue weighted by Gasteiger charge is 2.14. The second kappa shape index (κ2) is 5.80. The molecule has 1 N–H and O–H groups in total. The van der Waals surface area contributed by atoms with Gasteiger partial charge in [-0.25, -0.2) is 0 Å². The van der Waals surface area contributed by atoms with Crippen LogP contribution >= 0.6 is 0 Å². The van der Waals surface area contributed by atoms with Crippen molar-refractivity contribution in [2.24, 2.45) is 0 Å². The van der Waals surface area contributed by atoms with Gasteiger partial charge in [0, 0.05) is 18.4 Å². The Balaban J connectivity index is 2.03. The fourth-order valence-electron chi connectivity index (χ4n) is 2.35. The van der Waals surface area contributed by atoms with Crippen LogP contribution in [0.5, 0.6) is 0 Å². The monoisotopic (exact) mass is 216 g/mol. The second-order valence-corrected chi connectivity index (χ2v) is 4.43. The maximum Gasteiger partial charge on any atom is 0.0317 e. The molecule has 0 aliphatic heterocycles. The molecule has 1 aliphatic rings. The summed E-state index contributed by atoms with van der Waals surface area (Å²) < 4.78 is 0. The van der Waals surface area contributed by atoms with Gasteiger partial charge in [-0.15, -0.1) is 0 Å². The molecule has 0 bridgehead atoms. The zero-order valence-corrected chi connectivity index (χ0v) is 9.95. The summed E-state index contributed by atoms with van der Waals surface area (Å²) in [6.07, 6.45) is 12.5. The lowest BCUT2D eigenvalue weighted by Crippen LogP contribution is -2.30. The molecule has 0 aromatic carbocycles. The summed E-state index contributed by atoms with van der Waals surface area (Å²) >= 11 is 0. The average molecular weight is 216 g/mol. The number of hydrogen-bond donors (Lipinski definition) is 1. The molecule has 1 aromatic rings. The molecule has 0 amide bonds. The molecule has 86 valence electrons. The Morgan fingerprint density at radius 2 is 2.12 bits per heavy atom. The fraction of sp³-hybridized carbons (Fsp3) is 0.500. The first-order chi connectivity index (χ1) is 7.90. The Labute approximate surface area is 97.8 Å². The molecule has 1 aliphatic carbocycles. The third-order valence-electron chi connectivity index (χ3n) is 3.31. The minimum Gasteiger partial charge on any atom is -0.313 e. The molecule has 1 aromatic heterocycles. The van der Waals surface area contributed by atoms with Gasteiger partial charge in [0.1, 0.15) is 0 Å². The van der Waals surface area contributed by atoms with Gasteiger partial charge in [0.2, 0.25) is 0 Å². The Morgan fingerprint density at radius 1 is 1.31 bits per heavy atom. The van der Waals surface area contributed by atoms with Gasteiger partial charge < -0.3 is 5.32 Å². The highest BCUT2D eigenvalue weighted by atomic mass is 14.9. The summed E-state index contributed by atoms with van der Waals surface area (Å²) in [7, 11) is 2.06. The van der Waals surface area contributed by atoms with Crippen molar-refractivity contribution in [2.45, 2.75) is 38.1 Å². The van der Waals surface area contributed by atoms with Crippen molar-refractivity contribution in [1.82, 2.24) is 10.3 Å². The van der Waals surface area contributed by atoms with E-state index in [4.69, 9.17) is 0 Å². The summed E-state index contributed by atoms with van der Waals surface area (Å²) in [5.41, 5.74) is 2.95. The van der Waals surface area contributed by atoms with Crippen molar-refractivity contribution in [3.63, 3.8) is 0 Å². The Morgan fingerprint density at radius 3 is 2.75 bits per heavy atom. The molecule has 0 saturated carbocycles. The van der Waals surface area contributed by atoms with Crippen LogP contribution in [-0.2, 0) is 6.42 Å². The fourth-order valence-corrected chi connectivity index (χ4v) is 2.35. The van der Waals surface area contributed by atoms with Gasteiger partial charge in [-0.05, 0) is 56.8 Å². The largest absolute Gasteiger partial charge is 0.313 e. The van der Waals surface area contributed by atoms with Crippen LogP contribution < -0.4 is 5.32 Å². The van der Waals surface area contributed by atoms with Gasteiger partial charge in [0.15, 0.2) is 0 Å². The number of aromatic nitrogens is 1. The predicted molar refractivity (Wildman–Crippen MR) is 67.3 cm³/mol. The van der Waals surface area contributed by atoms with Crippen LogP contribution in [0.1, 0.15) is 31.2 Å². The average Bonchev–Trinajstić information content (AvgIpc) is 2.38. The van der Waals surface area contributed by atoms with Crippen molar-refractivity contribution in [3.05, 3.63) is 41.7 Å². The molecular formula is C14H20N2. The first-order valence-electron chi connectivity index (χ1n) is 6.15. The van der Waals surface area contributed by atoms with Gasteiger partial charge in [0.25, 0.3) is 0 Å². The van der Waals surface area contributed by atoms with E-state index in [9.17, 15) is 0 Å². The van der Waals surface area contributed by atoms with E-state index in [0.717, 1.165) is 6.42 Å². The second-order valence-electron chi connectivity index (χ2n) is 4.43. The van der Waals surface area contributed by atoms with Gasteiger partial charge >= 0.3 is 0 Å². The van der Waals surface area contributed by atoms with Crippen LogP contribution in [0.15, 0.2) is 36.2 Å². The number of pyridine rings is 1. The van der Waals surface area contributed by atoms with E-state index in [-0.39, 0.29) is 0 Å². The maximum absolute atomic E-state index is 4.06. The minimum absolute atomic E-state index is 0.503. The van der Waals surface area contributed by atoms with Gasteiger partial charge in [-0.2, -0.15) is 0 Å². The van der Waals surface area contributed by atoms with Crippen molar-refractivity contribution in [2.75, 3.05) is 7.05 Å². The molecular weight excluding hydrogens is 196 g/mol. The van der Waals surface area contributed by atoms with Gasteiger partial charge in [0.05, 0.1) is 0 Å². The van der Waals surface area contributed by atoms with E-state index in [1.165, 1.54) is 31.2 Å². The first kappa shape index (κ1) is 11.3. The van der Waals surface area contributed by atoms with Crippen LogP contribution in [0.2, 0.25) is 0 Å². The van der Waals surface area contributed by atoms with E-state index in [2.05, 4.69) is 35.6 Å². The highest BCUT2D eigenvalue weighted by Crippen LogP contribution is 2.22. The number of rotatable bonds is 4. The third kappa shape index (κ3) is 2.92. The lowest BCUT2D eigenvalue weighted by atomic mass is 9.90. The van der Waals surface area contributed by atoms with Crippen LogP contribution in [0.25, 0.3) is 0 Å². The van der Waals surface area contributed by atoms with E-state index >= 15 is 0 Å². The number of likely N-dealkylation sites (N-methyl/N-ethyl adjacent to an activating group) is 1. The number of allylic oxidation sites excluding steroid dienone is 1. The number of nitrogens with zero attached hydrogens (tertiary/aromatic N) is 1. The Hall–Kier alpha value is -1.15. The zero-order valence-electron chi connectivity index (χ0n) is 9.95. The molecule has 16 heavy (non-hydrogen) atoms. The van der Waals surface area contributed by atoms with Crippen molar-refractivity contribution >= 4 is 0 Å². The number of nitrogens with one attached hydrogen (secondary N) is 1. The van der Waals surface area contributed by atoms with Crippen molar-refractivity contribution < 1.29 is 0 Å². The smallest absolute Gasteiger partial charge is 0.0317 e. The molecule has 0 saturated heterocycles. The van der Waals surface area contributed by atoms with Gasteiger partial charge in [-0.1, -0.05) is 11.6 Å². The van der Waals surface area contributed by atoms with E-state index in [1.54, 1.807) is 5.57 Å². The Bertz CT molecular complexity index is 343. The summed E-state index contributed by atoms with van der Waals surface area (Å²) in [6, 6.07) is 4.71. The number of hydrogen-bond acceptors (Lipinski definition) is 2. The quantitative estimate of drug-likeness (QED) is 0.783. The van der Waals surface area contributed by atoms with Crippen LogP contribution in [0.3, 0.4) is 0 Å². The SMILES string of the molecule is CNC(Cc1ccncc1)C1=CCCCC1. The third-order valence-corrected chi connectivity index (χ3v) is 3.31. The van der Waals surface area contributed by atoms with Crippen LogP contribution in [0.4, 0.5) is 0 Å². The summed E-state index contributed by atoms with van der Waals surface area (Å²) in [6.45, 7) is 0. The highest BCUT2D eigenvalue weighted by molar-refractivity contribution is 5.20. The van der Waals surface area contributed by atoms with Crippen molar-refractivity contribution in [3.8, 4) is 0 Å². The normalized spacial score (nSPS) is 17.9. The zero-order chi connectivity index (χ0) is 11.2. The molecule has 2 heteroatoms. The molecule has 2 rings (SSSR count). The van der Waals surface area contributed by atoms with Crippen molar-refractivity contribution in [1.29, 1.82) is 0 Å². The molecule has 0 radical (unpaired) electrons. The molecule has 1 atom stereocenters. The van der Waals surface area contributed by atoms with E-state index < -0.39 is 0 Å². The van der Waals surface area contributed by atoms with E-state index in [0.29, 0.717) is 6.04 Å². The standard InChI is InChI=1S/C14H20N2/c1-15-14(13-5-3-2-4-6-13)11-12-7-9-16-10-8-12/h5,7-10,14-15H,2-4,6,11H2,1H3. The molecule has 0 spiro atoms. The molecule has 1 unspecified atom stereocenters. The molecule has 0 fully saturated rings. The Kier molecular flexibility index (Phi) is 4.11. The summed E-state index contributed by atoms with van der Waals surface area (Å²) in [5, 5.41) is 3.43. The lowest BCUT2D eigenvalue weighted by Gasteiger charge is -2.23. The molecule has 1 heterocycles. The lowest BCUT2D eigenvalue weighted by molar-refractivity contribution is 0.569. The maximum atomic E-state index is 4.06. The minimum atomic E-state index is 0.503. The summed E-state index contributed by atoms with van der Waals surface area (Å²) in [5.74, 6) is 0. The topological polar surface area (TPSA) is 24.9 Å². The van der Waals surface area contributed by atoms with Gasteiger partial charge in [-0.3, -0.25) is 4.98 Å². The van der Waals surface area contributed by atoms with Crippen LogP contribution in [-0.4, -0.2) is 18.1 Å². The first-order valence-corrected chi connectivity index (χ1v) is 6.15. The predicted octanol–water partition coefficient (Wildman–Crippen LogP) is 2.71. The van der Waals surface area contributed by atoms with Crippen LogP contribution in [0, 0.1) is 0 Å². The molecule has 2 nitrogen and oxygen atoms in total.